The highest BCUT2D eigenvalue weighted by Gasteiger charge is 2.62. The molecular weight excluding hydrogens is 316 g/mol. The second-order valence-electron chi connectivity index (χ2n) is 10.2. The molecule has 6 atom stereocenters. The maximum absolute atomic E-state index is 13.2. The van der Waals surface area contributed by atoms with Gasteiger partial charge in [0.1, 0.15) is 5.60 Å². The topological polar surface area (TPSA) is 63.6 Å². The van der Waals surface area contributed by atoms with E-state index in [9.17, 15) is 14.7 Å². The smallest absolute Gasteiger partial charge is 0.310 e. The largest absolute Gasteiger partial charge is 0.481 e. The van der Waals surface area contributed by atoms with E-state index in [1.807, 2.05) is 0 Å². The van der Waals surface area contributed by atoms with Crippen molar-refractivity contribution in [2.75, 3.05) is 0 Å². The van der Waals surface area contributed by atoms with Gasteiger partial charge in [0.2, 0.25) is 0 Å². The monoisotopic (exact) mass is 346 g/mol. The van der Waals surface area contributed by atoms with Gasteiger partial charge in [-0.25, -0.2) is 0 Å². The molecule has 4 heteroatoms. The lowest BCUT2D eigenvalue weighted by Crippen LogP contribution is -2.54. The first-order valence-corrected chi connectivity index (χ1v) is 10.3. The second kappa shape index (κ2) is 5.23. The summed E-state index contributed by atoms with van der Waals surface area (Å²) in [5.74, 6) is 1.44. The van der Waals surface area contributed by atoms with Gasteiger partial charge >= 0.3 is 11.9 Å². The fourth-order valence-corrected chi connectivity index (χ4v) is 8.10. The number of carbonyl (C=O) groups excluding carboxylic acids is 1. The highest BCUT2D eigenvalue weighted by atomic mass is 16.6. The lowest BCUT2D eigenvalue weighted by Gasteiger charge is -2.56. The molecule has 4 nitrogen and oxygen atoms in total. The molecule has 6 rings (SSSR count). The molecule has 6 aliphatic carbocycles. The van der Waals surface area contributed by atoms with Crippen LogP contribution in [-0.4, -0.2) is 22.6 Å². The molecule has 1 N–H and O–H groups in total. The third-order valence-corrected chi connectivity index (χ3v) is 8.89. The molecule has 0 spiro atoms. The summed E-state index contributed by atoms with van der Waals surface area (Å²) in [5, 5.41) is 9.78. The van der Waals surface area contributed by atoms with E-state index in [-0.39, 0.29) is 23.4 Å². The quantitative estimate of drug-likeness (QED) is 0.791. The molecule has 6 bridgehead atoms. The van der Waals surface area contributed by atoms with Gasteiger partial charge in [-0.1, -0.05) is 13.8 Å². The first-order valence-electron chi connectivity index (χ1n) is 10.3. The lowest BCUT2D eigenvalue weighted by molar-refractivity contribution is -0.197. The Hall–Kier alpha value is -1.06. The highest BCUT2D eigenvalue weighted by Crippen LogP contribution is 2.60. The highest BCUT2D eigenvalue weighted by molar-refractivity contribution is 5.83. The molecule has 6 saturated carbocycles. The number of carboxylic acids is 1. The van der Waals surface area contributed by atoms with E-state index in [1.165, 1.54) is 19.3 Å². The molecule has 0 aromatic carbocycles. The van der Waals surface area contributed by atoms with Gasteiger partial charge < -0.3 is 9.84 Å². The second-order valence-corrected chi connectivity index (χ2v) is 10.2. The van der Waals surface area contributed by atoms with Gasteiger partial charge in [0, 0.05) is 0 Å². The number of carboxylic acid groups (broad SMARTS) is 1. The number of rotatable bonds is 3. The molecule has 0 amide bonds. The van der Waals surface area contributed by atoms with E-state index >= 15 is 0 Å². The summed E-state index contributed by atoms with van der Waals surface area (Å²) in [5.41, 5.74) is -0.258. The van der Waals surface area contributed by atoms with Gasteiger partial charge in [0.05, 0.1) is 11.8 Å². The van der Waals surface area contributed by atoms with Crippen molar-refractivity contribution in [3.63, 3.8) is 0 Å². The van der Waals surface area contributed by atoms with E-state index in [0.717, 1.165) is 43.4 Å². The molecule has 0 heterocycles. The minimum absolute atomic E-state index is 0.145. The molecule has 138 valence electrons. The Labute approximate surface area is 149 Å². The summed E-state index contributed by atoms with van der Waals surface area (Å²) in [6, 6.07) is 0. The SMILES string of the molecule is CC1C(C)C2CC1C(C(=O)O)C2C(=O)OC12CC3CC(CC(C3)C1)C2. The first kappa shape index (κ1) is 16.1. The lowest BCUT2D eigenvalue weighted by atomic mass is 9.54. The summed E-state index contributed by atoms with van der Waals surface area (Å²) >= 11 is 0. The van der Waals surface area contributed by atoms with E-state index in [0.29, 0.717) is 11.8 Å². The van der Waals surface area contributed by atoms with Crippen LogP contribution in [0.3, 0.4) is 0 Å². The number of carbonyl (C=O) groups is 2. The third-order valence-electron chi connectivity index (χ3n) is 8.89. The van der Waals surface area contributed by atoms with Crippen LogP contribution in [0, 0.1) is 53.3 Å². The predicted molar refractivity (Wildman–Crippen MR) is 91.5 cm³/mol. The van der Waals surface area contributed by atoms with Gasteiger partial charge in [-0.2, -0.15) is 0 Å². The number of esters is 1. The average Bonchev–Trinajstić information content (AvgIpc) is 3.03. The molecule has 0 aromatic rings. The van der Waals surface area contributed by atoms with Crippen LogP contribution >= 0.6 is 0 Å². The summed E-state index contributed by atoms with van der Waals surface area (Å²) in [4.78, 5) is 25.1. The van der Waals surface area contributed by atoms with Crippen molar-refractivity contribution in [1.29, 1.82) is 0 Å². The minimum Gasteiger partial charge on any atom is -0.481 e. The number of ether oxygens (including phenoxy) is 1. The van der Waals surface area contributed by atoms with Crippen LogP contribution < -0.4 is 0 Å². The average molecular weight is 346 g/mol. The van der Waals surface area contributed by atoms with Crippen molar-refractivity contribution < 1.29 is 19.4 Å². The Balaban J connectivity index is 1.38. The molecule has 0 aromatic heterocycles. The summed E-state index contributed by atoms with van der Waals surface area (Å²) in [7, 11) is 0. The van der Waals surface area contributed by atoms with E-state index in [2.05, 4.69) is 13.8 Å². The van der Waals surface area contributed by atoms with Crippen molar-refractivity contribution in [3.8, 4) is 0 Å². The zero-order valence-electron chi connectivity index (χ0n) is 15.3. The van der Waals surface area contributed by atoms with Gasteiger partial charge in [-0.3, -0.25) is 9.59 Å². The van der Waals surface area contributed by atoms with Gasteiger partial charge in [0.15, 0.2) is 0 Å². The Morgan fingerprint density at radius 2 is 1.32 bits per heavy atom. The Morgan fingerprint density at radius 3 is 1.80 bits per heavy atom. The molecule has 0 aliphatic heterocycles. The third kappa shape index (κ3) is 2.24. The Morgan fingerprint density at radius 1 is 0.840 bits per heavy atom. The molecule has 0 radical (unpaired) electrons. The van der Waals surface area contributed by atoms with Crippen LogP contribution in [0.4, 0.5) is 0 Å². The minimum atomic E-state index is -0.793. The zero-order chi connectivity index (χ0) is 17.5. The van der Waals surface area contributed by atoms with Crippen LogP contribution in [-0.2, 0) is 14.3 Å². The molecule has 6 fully saturated rings. The van der Waals surface area contributed by atoms with Crippen LogP contribution in [0.5, 0.6) is 0 Å². The summed E-state index contributed by atoms with van der Waals surface area (Å²) in [6.45, 7) is 4.35. The molecule has 6 unspecified atom stereocenters. The van der Waals surface area contributed by atoms with Crippen LogP contribution in [0.15, 0.2) is 0 Å². The van der Waals surface area contributed by atoms with Crippen LogP contribution in [0.2, 0.25) is 0 Å². The van der Waals surface area contributed by atoms with Gasteiger partial charge in [-0.05, 0) is 86.4 Å². The molecular formula is C21H30O4. The Kier molecular flexibility index (Phi) is 3.38. The Bertz CT molecular complexity index is 576. The number of fused-ring (bicyclic) bond motifs is 2. The summed E-state index contributed by atoms with van der Waals surface area (Å²) in [6.07, 6.45) is 7.91. The number of aliphatic carboxylic acids is 1. The molecule has 25 heavy (non-hydrogen) atoms. The molecule has 6 aliphatic rings. The number of hydrogen-bond acceptors (Lipinski definition) is 3. The number of hydrogen-bond donors (Lipinski definition) is 1. The maximum atomic E-state index is 13.2. The summed E-state index contributed by atoms with van der Waals surface area (Å²) < 4.78 is 6.25. The van der Waals surface area contributed by atoms with E-state index in [1.54, 1.807) is 0 Å². The van der Waals surface area contributed by atoms with Crippen LogP contribution in [0.25, 0.3) is 0 Å². The molecule has 0 saturated heterocycles. The van der Waals surface area contributed by atoms with Crippen LogP contribution in [0.1, 0.15) is 58.8 Å². The van der Waals surface area contributed by atoms with Crippen molar-refractivity contribution in [2.24, 2.45) is 53.3 Å². The van der Waals surface area contributed by atoms with Gasteiger partial charge in [0.25, 0.3) is 0 Å². The van der Waals surface area contributed by atoms with Crippen molar-refractivity contribution in [3.05, 3.63) is 0 Å². The fourth-order valence-electron chi connectivity index (χ4n) is 8.10. The van der Waals surface area contributed by atoms with E-state index in [4.69, 9.17) is 4.74 Å². The normalized spacial score (nSPS) is 55.5. The van der Waals surface area contributed by atoms with E-state index < -0.39 is 17.8 Å². The standard InChI is InChI=1S/C21H30O4/c1-10-11(2)16-6-15(10)17(19(22)23)18(16)20(24)25-21-7-12-3-13(8-21)5-14(4-12)9-21/h10-18H,3-9H2,1-2H3,(H,22,23). The first-order chi connectivity index (χ1) is 11.9. The predicted octanol–water partition coefficient (Wildman–Crippen LogP) is 3.74. The van der Waals surface area contributed by atoms with Crippen molar-refractivity contribution >= 4 is 11.9 Å². The van der Waals surface area contributed by atoms with Gasteiger partial charge in [-0.15, -0.1) is 0 Å². The zero-order valence-corrected chi connectivity index (χ0v) is 15.3. The van der Waals surface area contributed by atoms with Crippen molar-refractivity contribution in [1.82, 2.24) is 0 Å². The maximum Gasteiger partial charge on any atom is 0.310 e. The van der Waals surface area contributed by atoms with Crippen molar-refractivity contribution in [2.45, 2.75) is 64.4 Å². The fraction of sp³-hybridized carbons (Fsp3) is 0.905.